The molecule has 3 N–H and O–H groups in total. The van der Waals surface area contributed by atoms with E-state index in [1.165, 1.54) is 11.3 Å². The van der Waals surface area contributed by atoms with Crippen LogP contribution in [0.1, 0.15) is 32.1 Å². The van der Waals surface area contributed by atoms with Gasteiger partial charge in [-0.1, -0.05) is 36.7 Å². The molecule has 3 rings (SSSR count). The lowest BCUT2D eigenvalue weighted by Crippen LogP contribution is -2.52. The van der Waals surface area contributed by atoms with E-state index >= 15 is 0 Å². The van der Waals surface area contributed by atoms with E-state index in [1.807, 2.05) is 18.2 Å². The maximum Gasteiger partial charge on any atom is 0.246 e. The van der Waals surface area contributed by atoms with Crippen LogP contribution in [-0.2, 0) is 4.79 Å². The molecule has 1 aliphatic rings. The van der Waals surface area contributed by atoms with E-state index in [2.05, 4.69) is 20.5 Å². The first kappa shape index (κ1) is 14.1. The molecule has 7 heteroatoms. The average Bonchev–Trinajstić information content (AvgIpc) is 2.97. The molecule has 2 aromatic rings. The third kappa shape index (κ3) is 3.08. The summed E-state index contributed by atoms with van der Waals surface area (Å²) in [7, 11) is 0. The molecule has 6 nitrogen and oxygen atoms in total. The molecule has 0 aliphatic heterocycles. The van der Waals surface area contributed by atoms with E-state index in [-0.39, 0.29) is 5.91 Å². The minimum atomic E-state index is -0.769. The van der Waals surface area contributed by atoms with Gasteiger partial charge in [-0.2, -0.15) is 0 Å². The number of pyridine rings is 1. The van der Waals surface area contributed by atoms with Crippen molar-refractivity contribution in [2.24, 2.45) is 5.73 Å². The standard InChI is InChI=1S/C14H17N5OS/c15-14(7-3-1-4-8-14)12(20)17-13-19-18-11(21-13)10-6-2-5-9-16-10/h2,5-6,9H,1,3-4,7-8,15H2,(H,17,19,20). The lowest BCUT2D eigenvalue weighted by atomic mass is 9.82. The van der Waals surface area contributed by atoms with Crippen LogP contribution in [0.3, 0.4) is 0 Å². The number of carbonyl (C=O) groups excluding carboxylic acids is 1. The van der Waals surface area contributed by atoms with Crippen LogP contribution in [0.4, 0.5) is 5.13 Å². The van der Waals surface area contributed by atoms with Gasteiger partial charge in [0.1, 0.15) is 5.69 Å². The van der Waals surface area contributed by atoms with Crippen LogP contribution in [0.2, 0.25) is 0 Å². The largest absolute Gasteiger partial charge is 0.317 e. The molecule has 0 saturated heterocycles. The Kier molecular flexibility index (Phi) is 3.94. The second-order valence-corrected chi connectivity index (χ2v) is 6.28. The molecule has 110 valence electrons. The van der Waals surface area contributed by atoms with E-state index in [1.54, 1.807) is 6.20 Å². The lowest BCUT2D eigenvalue weighted by Gasteiger charge is -2.31. The summed E-state index contributed by atoms with van der Waals surface area (Å²) >= 11 is 1.30. The average molecular weight is 303 g/mol. The van der Waals surface area contributed by atoms with Crippen LogP contribution in [0.5, 0.6) is 0 Å². The number of anilines is 1. The Morgan fingerprint density at radius 1 is 1.24 bits per heavy atom. The zero-order valence-electron chi connectivity index (χ0n) is 11.6. The van der Waals surface area contributed by atoms with Gasteiger partial charge in [-0.25, -0.2) is 0 Å². The SMILES string of the molecule is NC1(C(=O)Nc2nnc(-c3ccccn3)s2)CCCCC1. The topological polar surface area (TPSA) is 93.8 Å². The molecule has 2 aromatic heterocycles. The van der Waals surface area contributed by atoms with Crippen molar-refractivity contribution in [3.63, 3.8) is 0 Å². The number of hydrogen-bond acceptors (Lipinski definition) is 6. The molecule has 0 atom stereocenters. The highest BCUT2D eigenvalue weighted by atomic mass is 32.1. The molecule has 1 amide bonds. The second kappa shape index (κ2) is 5.87. The molecule has 1 fully saturated rings. The molecule has 2 heterocycles. The highest BCUT2D eigenvalue weighted by Gasteiger charge is 2.35. The summed E-state index contributed by atoms with van der Waals surface area (Å²) in [6.45, 7) is 0. The fourth-order valence-electron chi connectivity index (χ4n) is 2.50. The van der Waals surface area contributed by atoms with E-state index < -0.39 is 5.54 Å². The fourth-order valence-corrected chi connectivity index (χ4v) is 3.21. The van der Waals surface area contributed by atoms with Crippen LogP contribution in [0, 0.1) is 0 Å². The summed E-state index contributed by atoms with van der Waals surface area (Å²) < 4.78 is 0. The van der Waals surface area contributed by atoms with Gasteiger partial charge in [-0.3, -0.25) is 15.1 Å². The molecule has 1 saturated carbocycles. The van der Waals surface area contributed by atoms with E-state index in [0.717, 1.165) is 37.8 Å². The Hall–Kier alpha value is -1.86. The molecule has 0 radical (unpaired) electrons. The molecule has 0 bridgehead atoms. The number of aromatic nitrogens is 3. The van der Waals surface area contributed by atoms with E-state index in [0.29, 0.717) is 10.1 Å². The normalized spacial score (nSPS) is 17.4. The van der Waals surface area contributed by atoms with Crippen molar-refractivity contribution in [3.8, 4) is 10.7 Å². The number of rotatable bonds is 3. The van der Waals surface area contributed by atoms with E-state index in [4.69, 9.17) is 5.73 Å². The van der Waals surface area contributed by atoms with Crippen LogP contribution in [0.15, 0.2) is 24.4 Å². The molecule has 0 spiro atoms. The summed E-state index contributed by atoms with van der Waals surface area (Å²) in [6.07, 6.45) is 6.30. The van der Waals surface area contributed by atoms with Gasteiger partial charge in [0.05, 0.1) is 5.54 Å². The number of carbonyl (C=O) groups is 1. The summed E-state index contributed by atoms with van der Waals surface area (Å²) in [5, 5.41) is 12.0. The van der Waals surface area contributed by atoms with Crippen LogP contribution in [0.25, 0.3) is 10.7 Å². The monoisotopic (exact) mass is 303 g/mol. The maximum atomic E-state index is 12.3. The second-order valence-electron chi connectivity index (χ2n) is 5.30. The summed E-state index contributed by atoms with van der Waals surface area (Å²) in [6, 6.07) is 5.59. The van der Waals surface area contributed by atoms with Crippen molar-refractivity contribution in [2.75, 3.05) is 5.32 Å². The maximum absolute atomic E-state index is 12.3. The molecule has 0 unspecified atom stereocenters. The van der Waals surface area contributed by atoms with Gasteiger partial charge in [-0.05, 0) is 25.0 Å². The zero-order valence-corrected chi connectivity index (χ0v) is 12.4. The Labute approximate surface area is 126 Å². The summed E-state index contributed by atoms with van der Waals surface area (Å²) in [5.74, 6) is -0.161. The number of hydrogen-bond donors (Lipinski definition) is 2. The van der Waals surface area contributed by atoms with Crippen LogP contribution >= 0.6 is 11.3 Å². The number of nitrogens with two attached hydrogens (primary N) is 1. The molecule has 21 heavy (non-hydrogen) atoms. The first-order chi connectivity index (χ1) is 10.2. The van der Waals surface area contributed by atoms with Gasteiger partial charge in [-0.15, -0.1) is 10.2 Å². The number of amides is 1. The summed E-state index contributed by atoms with van der Waals surface area (Å²) in [4.78, 5) is 16.5. The molecular formula is C14H17N5OS. The van der Waals surface area contributed by atoms with Crippen LogP contribution < -0.4 is 11.1 Å². The lowest BCUT2D eigenvalue weighted by molar-refractivity contribution is -0.122. The third-order valence-corrected chi connectivity index (χ3v) is 4.59. The number of nitrogens with one attached hydrogen (secondary N) is 1. The summed E-state index contributed by atoms with van der Waals surface area (Å²) in [5.41, 5.74) is 6.18. The molecule has 1 aliphatic carbocycles. The van der Waals surface area contributed by atoms with Gasteiger partial charge in [0, 0.05) is 6.20 Å². The van der Waals surface area contributed by atoms with Crippen molar-refractivity contribution in [3.05, 3.63) is 24.4 Å². The number of nitrogens with zero attached hydrogens (tertiary/aromatic N) is 3. The van der Waals surface area contributed by atoms with E-state index in [9.17, 15) is 4.79 Å². The zero-order chi connectivity index (χ0) is 14.7. The first-order valence-corrected chi connectivity index (χ1v) is 7.84. The minimum Gasteiger partial charge on any atom is -0.317 e. The van der Waals surface area contributed by atoms with Gasteiger partial charge >= 0.3 is 0 Å². The van der Waals surface area contributed by atoms with Gasteiger partial charge in [0.15, 0.2) is 5.01 Å². The highest BCUT2D eigenvalue weighted by Crippen LogP contribution is 2.29. The Balaban J connectivity index is 1.71. The van der Waals surface area contributed by atoms with Crippen molar-refractivity contribution in [1.29, 1.82) is 0 Å². The van der Waals surface area contributed by atoms with Crippen molar-refractivity contribution >= 4 is 22.4 Å². The predicted molar refractivity (Wildman–Crippen MR) is 81.8 cm³/mol. The van der Waals surface area contributed by atoms with Gasteiger partial charge < -0.3 is 5.73 Å². The van der Waals surface area contributed by atoms with Gasteiger partial charge in [0.25, 0.3) is 0 Å². The quantitative estimate of drug-likeness (QED) is 0.906. The Morgan fingerprint density at radius 2 is 2.05 bits per heavy atom. The van der Waals surface area contributed by atoms with Crippen molar-refractivity contribution in [1.82, 2.24) is 15.2 Å². The fraction of sp³-hybridized carbons (Fsp3) is 0.429. The van der Waals surface area contributed by atoms with Crippen LogP contribution in [-0.4, -0.2) is 26.6 Å². The van der Waals surface area contributed by atoms with Crippen molar-refractivity contribution < 1.29 is 4.79 Å². The highest BCUT2D eigenvalue weighted by molar-refractivity contribution is 7.18. The van der Waals surface area contributed by atoms with Gasteiger partial charge in [0.2, 0.25) is 11.0 Å². The Morgan fingerprint density at radius 3 is 2.76 bits per heavy atom. The predicted octanol–water partition coefficient (Wildman–Crippen LogP) is 2.20. The van der Waals surface area contributed by atoms with Crippen molar-refractivity contribution in [2.45, 2.75) is 37.6 Å². The molecular weight excluding hydrogens is 286 g/mol. The molecule has 0 aromatic carbocycles. The minimum absolute atomic E-state index is 0.161. The smallest absolute Gasteiger partial charge is 0.246 e. The third-order valence-electron chi connectivity index (χ3n) is 3.73. The Bertz CT molecular complexity index is 621. The first-order valence-electron chi connectivity index (χ1n) is 7.03.